The molecule has 0 aliphatic carbocycles. The Morgan fingerprint density at radius 1 is 0.950 bits per heavy atom. The molecule has 0 aromatic heterocycles. The van der Waals surface area contributed by atoms with Crippen LogP contribution >= 0.6 is 0 Å². The normalized spacial score (nSPS) is 10.7. The highest BCUT2D eigenvalue weighted by Crippen LogP contribution is 2.35. The third-order valence-corrected chi connectivity index (χ3v) is 3.20. The van der Waals surface area contributed by atoms with Gasteiger partial charge in [0.25, 0.3) is 0 Å². The number of hydrogen-bond donors (Lipinski definition) is 0. The molecule has 0 saturated heterocycles. The zero-order valence-electron chi connectivity index (χ0n) is 11.2. The van der Waals surface area contributed by atoms with E-state index < -0.39 is 23.3 Å². The predicted octanol–water partition coefficient (Wildman–Crippen LogP) is 2.49. The van der Waals surface area contributed by atoms with Gasteiger partial charge < -0.3 is 4.74 Å². The van der Waals surface area contributed by atoms with Crippen molar-refractivity contribution < 1.29 is 22.3 Å². The van der Waals surface area contributed by atoms with Crippen LogP contribution in [0.15, 0.2) is 18.2 Å². The Hall–Kier alpha value is -1.98. The highest BCUT2D eigenvalue weighted by Gasteiger charge is 2.21. The summed E-state index contributed by atoms with van der Waals surface area (Å²) in [7, 11) is 2.65. The molecule has 0 saturated carbocycles. The lowest BCUT2D eigenvalue weighted by Crippen LogP contribution is -2.15. The lowest BCUT2D eigenvalue weighted by molar-refractivity contribution is 0.413. The summed E-state index contributed by atoms with van der Waals surface area (Å²) in [5, 5.41) is 0. The van der Waals surface area contributed by atoms with Gasteiger partial charge in [-0.05, 0) is 29.6 Å². The van der Waals surface area contributed by atoms with Gasteiger partial charge in [-0.25, -0.2) is 17.6 Å². The lowest BCUT2D eigenvalue weighted by atomic mass is 9.88. The first-order valence-electron chi connectivity index (χ1n) is 5.85. The molecule has 1 nitrogen and oxygen atoms in total. The Kier molecular flexibility index (Phi) is 3.75. The van der Waals surface area contributed by atoms with Crippen molar-refractivity contribution in [3.05, 3.63) is 47.0 Å². The minimum absolute atomic E-state index is 0.0000463. The maximum absolute atomic E-state index is 14.0. The van der Waals surface area contributed by atoms with Crippen LogP contribution in [0.5, 0.6) is 5.75 Å². The van der Waals surface area contributed by atoms with Gasteiger partial charge in [0.15, 0.2) is 0 Å². The van der Waals surface area contributed by atoms with Crippen molar-refractivity contribution >= 4 is 13.3 Å². The zero-order chi connectivity index (χ0) is 15.0. The van der Waals surface area contributed by atoms with Gasteiger partial charge in [0.1, 0.15) is 36.9 Å². The minimum atomic E-state index is -0.932. The molecule has 2 aromatic rings. The van der Waals surface area contributed by atoms with Crippen LogP contribution in [0, 0.1) is 30.2 Å². The average molecular weight is 282 g/mol. The van der Waals surface area contributed by atoms with Crippen LogP contribution in [0.3, 0.4) is 0 Å². The maximum atomic E-state index is 14.0. The van der Waals surface area contributed by atoms with Gasteiger partial charge in [0.05, 0.1) is 12.7 Å². The van der Waals surface area contributed by atoms with Crippen LogP contribution in [0.4, 0.5) is 17.6 Å². The molecule has 0 fully saturated rings. The van der Waals surface area contributed by atoms with E-state index in [2.05, 4.69) is 0 Å². The molecule has 0 unspecified atom stereocenters. The lowest BCUT2D eigenvalue weighted by Gasteiger charge is -2.16. The Morgan fingerprint density at radius 2 is 1.60 bits per heavy atom. The number of benzene rings is 2. The molecular weight excluding hydrogens is 271 g/mol. The van der Waals surface area contributed by atoms with Crippen LogP contribution in [-0.4, -0.2) is 15.0 Å². The van der Waals surface area contributed by atoms with E-state index in [1.807, 2.05) is 0 Å². The molecule has 0 aliphatic heterocycles. The molecule has 6 heteroatoms. The number of rotatable bonds is 2. The van der Waals surface area contributed by atoms with Crippen molar-refractivity contribution in [2.75, 3.05) is 7.11 Å². The number of hydrogen-bond acceptors (Lipinski definition) is 1. The third-order valence-electron chi connectivity index (χ3n) is 3.20. The molecule has 2 rings (SSSR count). The number of ether oxygens (including phenoxy) is 1. The standard InChI is InChI=1S/C14H11BF4O/c1-6-8(3-7(16)4-9(6)17)12-10(18)5-11(19)13(15)14(12)20-2/h3-5H,15H2,1-2H3. The molecular formula is C14H11BF4O. The second-order valence-electron chi connectivity index (χ2n) is 4.43. The van der Waals surface area contributed by atoms with Crippen molar-refractivity contribution in [1.29, 1.82) is 0 Å². The summed E-state index contributed by atoms with van der Waals surface area (Å²) in [6.07, 6.45) is 0. The molecule has 0 bridgehead atoms. The van der Waals surface area contributed by atoms with Crippen LogP contribution in [-0.2, 0) is 0 Å². The Morgan fingerprint density at radius 3 is 2.20 bits per heavy atom. The molecule has 0 atom stereocenters. The van der Waals surface area contributed by atoms with Gasteiger partial charge in [0, 0.05) is 12.1 Å². The fourth-order valence-electron chi connectivity index (χ4n) is 2.11. The summed E-state index contributed by atoms with van der Waals surface area (Å²) in [6.45, 7) is 1.39. The highest BCUT2D eigenvalue weighted by atomic mass is 19.1. The van der Waals surface area contributed by atoms with E-state index in [-0.39, 0.29) is 27.9 Å². The summed E-state index contributed by atoms with van der Waals surface area (Å²) < 4.78 is 59.5. The van der Waals surface area contributed by atoms with E-state index in [4.69, 9.17) is 4.74 Å². The fourth-order valence-corrected chi connectivity index (χ4v) is 2.11. The van der Waals surface area contributed by atoms with E-state index in [0.717, 1.165) is 6.07 Å². The molecule has 2 aromatic carbocycles. The molecule has 0 heterocycles. The smallest absolute Gasteiger partial charge is 0.148 e. The molecule has 0 spiro atoms. The SMILES string of the molecule is Bc1c(F)cc(F)c(-c2cc(F)cc(F)c2C)c1OC. The van der Waals surface area contributed by atoms with Crippen molar-refractivity contribution in [3.63, 3.8) is 0 Å². The van der Waals surface area contributed by atoms with E-state index in [1.165, 1.54) is 21.9 Å². The number of halogens is 4. The van der Waals surface area contributed by atoms with Crippen molar-refractivity contribution in [3.8, 4) is 16.9 Å². The van der Waals surface area contributed by atoms with E-state index in [0.29, 0.717) is 12.1 Å². The maximum Gasteiger partial charge on any atom is 0.148 e. The second-order valence-corrected chi connectivity index (χ2v) is 4.43. The zero-order valence-corrected chi connectivity index (χ0v) is 11.2. The van der Waals surface area contributed by atoms with Crippen molar-refractivity contribution in [2.45, 2.75) is 6.92 Å². The van der Waals surface area contributed by atoms with Crippen LogP contribution in [0.2, 0.25) is 0 Å². The van der Waals surface area contributed by atoms with Crippen LogP contribution in [0.25, 0.3) is 11.1 Å². The Labute approximate surface area is 114 Å². The molecule has 0 aliphatic rings. The molecule has 0 amide bonds. The number of methoxy groups -OCH3 is 1. The Balaban J connectivity index is 2.86. The second kappa shape index (κ2) is 5.19. The quantitative estimate of drug-likeness (QED) is 0.607. The summed E-state index contributed by atoms with van der Waals surface area (Å²) in [6, 6.07) is 2.38. The van der Waals surface area contributed by atoms with Gasteiger partial charge in [-0.3, -0.25) is 0 Å². The fraction of sp³-hybridized carbons (Fsp3) is 0.143. The summed E-state index contributed by atoms with van der Waals surface area (Å²) in [5.41, 5.74) is -0.00942. The first-order valence-corrected chi connectivity index (χ1v) is 5.85. The van der Waals surface area contributed by atoms with Gasteiger partial charge in [0.2, 0.25) is 0 Å². The monoisotopic (exact) mass is 282 g/mol. The molecule has 20 heavy (non-hydrogen) atoms. The summed E-state index contributed by atoms with van der Waals surface area (Å²) in [5.74, 6) is -3.43. The average Bonchev–Trinajstić information content (AvgIpc) is 2.38. The topological polar surface area (TPSA) is 9.23 Å². The van der Waals surface area contributed by atoms with Crippen molar-refractivity contribution in [2.24, 2.45) is 0 Å². The molecule has 0 radical (unpaired) electrons. The van der Waals surface area contributed by atoms with Crippen molar-refractivity contribution in [1.82, 2.24) is 0 Å². The highest BCUT2D eigenvalue weighted by molar-refractivity contribution is 6.35. The van der Waals surface area contributed by atoms with Gasteiger partial charge >= 0.3 is 0 Å². The van der Waals surface area contributed by atoms with E-state index in [1.54, 1.807) is 0 Å². The third kappa shape index (κ3) is 2.26. The Bertz CT molecular complexity index is 686. The van der Waals surface area contributed by atoms with Crippen LogP contribution < -0.4 is 10.2 Å². The summed E-state index contributed by atoms with van der Waals surface area (Å²) in [4.78, 5) is 0. The first-order chi connectivity index (χ1) is 9.36. The van der Waals surface area contributed by atoms with Gasteiger partial charge in [-0.1, -0.05) is 0 Å². The van der Waals surface area contributed by atoms with E-state index >= 15 is 0 Å². The summed E-state index contributed by atoms with van der Waals surface area (Å²) >= 11 is 0. The largest absolute Gasteiger partial charge is 0.496 e. The van der Waals surface area contributed by atoms with Gasteiger partial charge in [-0.15, -0.1) is 0 Å². The first kappa shape index (κ1) is 14.4. The predicted molar refractivity (Wildman–Crippen MR) is 71.2 cm³/mol. The van der Waals surface area contributed by atoms with Crippen LogP contribution in [0.1, 0.15) is 5.56 Å². The molecule has 104 valence electrons. The van der Waals surface area contributed by atoms with Gasteiger partial charge in [-0.2, -0.15) is 0 Å². The molecule has 0 N–H and O–H groups in total. The van der Waals surface area contributed by atoms with E-state index in [9.17, 15) is 17.6 Å². The minimum Gasteiger partial charge on any atom is -0.496 e.